The zero-order valence-corrected chi connectivity index (χ0v) is 15.0. The second-order valence-electron chi connectivity index (χ2n) is 6.47. The fraction of sp³-hybridized carbons (Fsp3) is 0.588. The smallest absolute Gasteiger partial charge is 0.253 e. The first kappa shape index (κ1) is 17.6. The molecule has 122 valence electrons. The van der Waals surface area contributed by atoms with Crippen molar-refractivity contribution in [3.05, 3.63) is 33.8 Å². The molecule has 2 rings (SSSR count). The summed E-state index contributed by atoms with van der Waals surface area (Å²) >= 11 is 11.9. The first-order valence-corrected chi connectivity index (χ1v) is 8.49. The number of amides is 1. The number of likely N-dealkylation sites (N-methyl/N-ethyl adjacent to an activating group) is 2. The first-order chi connectivity index (χ1) is 10.4. The van der Waals surface area contributed by atoms with Gasteiger partial charge in [0.25, 0.3) is 5.91 Å². The van der Waals surface area contributed by atoms with Crippen molar-refractivity contribution in [2.75, 3.05) is 27.7 Å². The van der Waals surface area contributed by atoms with Gasteiger partial charge < -0.3 is 9.80 Å². The molecule has 0 spiro atoms. The fourth-order valence-electron chi connectivity index (χ4n) is 3.32. The Kier molecular flexibility index (Phi) is 5.76. The van der Waals surface area contributed by atoms with Gasteiger partial charge in [-0.05, 0) is 45.1 Å². The van der Waals surface area contributed by atoms with E-state index in [-0.39, 0.29) is 11.4 Å². The Bertz CT molecular complexity index is 539. The van der Waals surface area contributed by atoms with Gasteiger partial charge in [0.05, 0.1) is 10.0 Å². The summed E-state index contributed by atoms with van der Waals surface area (Å²) in [6, 6.07) is 5.05. The van der Waals surface area contributed by atoms with Crippen LogP contribution in [0.4, 0.5) is 0 Å². The molecule has 0 heterocycles. The molecule has 1 aliphatic carbocycles. The first-order valence-electron chi connectivity index (χ1n) is 7.74. The highest BCUT2D eigenvalue weighted by atomic mass is 35.5. The van der Waals surface area contributed by atoms with E-state index in [0.29, 0.717) is 15.6 Å². The van der Waals surface area contributed by atoms with Crippen LogP contribution in [-0.2, 0) is 0 Å². The highest BCUT2D eigenvalue weighted by molar-refractivity contribution is 6.42. The predicted octanol–water partition coefficient (Wildman–Crippen LogP) is 4.33. The molecule has 1 fully saturated rings. The summed E-state index contributed by atoms with van der Waals surface area (Å²) in [7, 11) is 6.09. The van der Waals surface area contributed by atoms with Gasteiger partial charge in [0.15, 0.2) is 0 Å². The lowest BCUT2D eigenvalue weighted by Crippen LogP contribution is -2.54. The lowest BCUT2D eigenvalue weighted by Gasteiger charge is -2.45. The number of carbonyl (C=O) groups is 1. The number of hydrogen-bond donors (Lipinski definition) is 0. The van der Waals surface area contributed by atoms with Crippen molar-refractivity contribution in [2.45, 2.75) is 37.6 Å². The fourth-order valence-corrected chi connectivity index (χ4v) is 3.62. The molecule has 1 aromatic carbocycles. The maximum Gasteiger partial charge on any atom is 0.253 e. The van der Waals surface area contributed by atoms with Crippen molar-refractivity contribution >= 4 is 29.1 Å². The Balaban J connectivity index is 2.14. The molecule has 1 aromatic rings. The molecular weight excluding hydrogens is 319 g/mol. The third-order valence-corrected chi connectivity index (χ3v) is 5.52. The van der Waals surface area contributed by atoms with Crippen molar-refractivity contribution in [2.24, 2.45) is 0 Å². The van der Waals surface area contributed by atoms with Crippen molar-refractivity contribution in [1.29, 1.82) is 0 Å². The lowest BCUT2D eigenvalue weighted by molar-refractivity contribution is 0.0479. The summed E-state index contributed by atoms with van der Waals surface area (Å²) in [6.07, 6.45) is 6.03. The zero-order valence-electron chi connectivity index (χ0n) is 13.5. The maximum atomic E-state index is 12.7. The van der Waals surface area contributed by atoms with Gasteiger partial charge in [-0.15, -0.1) is 0 Å². The molecule has 0 unspecified atom stereocenters. The minimum Gasteiger partial charge on any atom is -0.340 e. The molecule has 22 heavy (non-hydrogen) atoms. The van der Waals surface area contributed by atoms with Gasteiger partial charge in [-0.1, -0.05) is 42.5 Å². The van der Waals surface area contributed by atoms with Gasteiger partial charge in [-0.2, -0.15) is 0 Å². The monoisotopic (exact) mass is 342 g/mol. The molecular formula is C17H24Cl2N2O. The van der Waals surface area contributed by atoms with Crippen LogP contribution in [0.15, 0.2) is 18.2 Å². The number of hydrogen-bond acceptors (Lipinski definition) is 2. The standard InChI is InChI=1S/C17H24Cl2N2O/c1-20(2)17(9-5-4-6-10-17)12-21(3)16(22)13-7-8-14(18)15(19)11-13/h7-8,11H,4-6,9-10,12H2,1-3H3. The Hall–Kier alpha value is -0.770. The van der Waals surface area contributed by atoms with Crippen molar-refractivity contribution < 1.29 is 4.79 Å². The van der Waals surface area contributed by atoms with Crippen molar-refractivity contribution in [3.8, 4) is 0 Å². The summed E-state index contributed by atoms with van der Waals surface area (Å²) in [5, 5.41) is 0.888. The van der Waals surface area contributed by atoms with Crippen LogP contribution in [0.3, 0.4) is 0 Å². The van der Waals surface area contributed by atoms with Crippen LogP contribution in [-0.4, -0.2) is 48.9 Å². The largest absolute Gasteiger partial charge is 0.340 e. The van der Waals surface area contributed by atoms with Gasteiger partial charge in [0.1, 0.15) is 0 Å². The molecule has 0 aliphatic heterocycles. The number of nitrogens with zero attached hydrogens (tertiary/aromatic N) is 2. The van der Waals surface area contributed by atoms with E-state index >= 15 is 0 Å². The SMILES string of the molecule is CN(CC1(N(C)C)CCCCC1)C(=O)c1ccc(Cl)c(Cl)c1. The van der Waals surface area contributed by atoms with Gasteiger partial charge in [-0.25, -0.2) is 0 Å². The summed E-state index contributed by atoms with van der Waals surface area (Å²) in [4.78, 5) is 16.7. The Morgan fingerprint density at radius 1 is 1.09 bits per heavy atom. The lowest BCUT2D eigenvalue weighted by atomic mass is 9.80. The van der Waals surface area contributed by atoms with Crippen LogP contribution in [0.25, 0.3) is 0 Å². The van der Waals surface area contributed by atoms with Gasteiger partial charge in [0, 0.05) is 24.7 Å². The van der Waals surface area contributed by atoms with E-state index in [4.69, 9.17) is 23.2 Å². The highest BCUT2D eigenvalue weighted by Crippen LogP contribution is 2.33. The normalized spacial score (nSPS) is 17.5. The molecule has 1 saturated carbocycles. The Labute approximate surface area is 143 Å². The third kappa shape index (κ3) is 3.76. The van der Waals surface area contributed by atoms with Crippen molar-refractivity contribution in [1.82, 2.24) is 9.80 Å². The van der Waals surface area contributed by atoms with Gasteiger partial charge in [0.2, 0.25) is 0 Å². The number of rotatable bonds is 4. The number of halogens is 2. The van der Waals surface area contributed by atoms with Crippen LogP contribution in [0.2, 0.25) is 10.0 Å². The van der Waals surface area contributed by atoms with Crippen LogP contribution in [0.1, 0.15) is 42.5 Å². The number of benzene rings is 1. The molecule has 0 N–H and O–H groups in total. The van der Waals surface area contributed by atoms with E-state index in [9.17, 15) is 4.79 Å². The molecule has 1 amide bonds. The molecule has 0 atom stereocenters. The van der Waals surface area contributed by atoms with Crippen LogP contribution in [0.5, 0.6) is 0 Å². The third-order valence-electron chi connectivity index (χ3n) is 4.78. The minimum absolute atomic E-state index is 0.00892. The van der Waals surface area contributed by atoms with E-state index in [2.05, 4.69) is 19.0 Å². The molecule has 1 aliphatic rings. The average molecular weight is 343 g/mol. The zero-order chi connectivity index (χ0) is 16.3. The van der Waals surface area contributed by atoms with E-state index in [1.165, 1.54) is 19.3 Å². The van der Waals surface area contributed by atoms with Crippen LogP contribution in [0, 0.1) is 0 Å². The molecule has 5 heteroatoms. The summed E-state index contributed by atoms with van der Waals surface area (Å²) in [5.74, 6) is -0.00892. The van der Waals surface area contributed by atoms with Crippen LogP contribution < -0.4 is 0 Å². The Morgan fingerprint density at radius 2 is 1.73 bits per heavy atom. The van der Waals surface area contributed by atoms with E-state index in [1.807, 2.05) is 11.9 Å². The van der Waals surface area contributed by atoms with E-state index < -0.39 is 0 Å². The molecule has 3 nitrogen and oxygen atoms in total. The van der Waals surface area contributed by atoms with Gasteiger partial charge in [-0.3, -0.25) is 4.79 Å². The predicted molar refractivity (Wildman–Crippen MR) is 92.9 cm³/mol. The molecule has 0 saturated heterocycles. The maximum absolute atomic E-state index is 12.7. The molecule has 0 aromatic heterocycles. The second-order valence-corrected chi connectivity index (χ2v) is 7.28. The second kappa shape index (κ2) is 7.20. The summed E-state index contributed by atoms with van der Waals surface area (Å²) in [6.45, 7) is 0.735. The molecule has 0 radical (unpaired) electrons. The quantitative estimate of drug-likeness (QED) is 0.812. The summed E-state index contributed by atoms with van der Waals surface area (Å²) < 4.78 is 0. The summed E-state index contributed by atoms with van der Waals surface area (Å²) in [5.41, 5.74) is 0.667. The minimum atomic E-state index is -0.00892. The van der Waals surface area contributed by atoms with E-state index in [1.54, 1.807) is 18.2 Å². The van der Waals surface area contributed by atoms with Gasteiger partial charge >= 0.3 is 0 Å². The Morgan fingerprint density at radius 3 is 2.27 bits per heavy atom. The molecule has 0 bridgehead atoms. The van der Waals surface area contributed by atoms with Crippen molar-refractivity contribution in [3.63, 3.8) is 0 Å². The number of carbonyl (C=O) groups excluding carboxylic acids is 1. The van der Waals surface area contributed by atoms with Crippen LogP contribution >= 0.6 is 23.2 Å². The average Bonchev–Trinajstić information content (AvgIpc) is 2.50. The topological polar surface area (TPSA) is 23.6 Å². The highest BCUT2D eigenvalue weighted by Gasteiger charge is 2.36. The van der Waals surface area contributed by atoms with E-state index in [0.717, 1.165) is 19.4 Å².